The normalized spacial score (nSPS) is 18.7. The van der Waals surface area contributed by atoms with Crippen LogP contribution in [0.5, 0.6) is 0 Å². The summed E-state index contributed by atoms with van der Waals surface area (Å²) in [6.07, 6.45) is 2.71. The van der Waals surface area contributed by atoms with Gasteiger partial charge in [-0.15, -0.1) is 0 Å². The Kier molecular flexibility index (Phi) is 7.37. The number of morpholine rings is 2. The Balaban J connectivity index is 1.51. The third-order valence-corrected chi connectivity index (χ3v) is 6.51. The maximum absolute atomic E-state index is 12.6. The smallest absolute Gasteiger partial charge is 0.331 e. The largest absolute Gasteiger partial charge is 0.452 e. The standard InChI is InChI=1S/C19H24N2O7S/c22-18(20-7-11-26-12-8-20)15-28-19(23)6-3-16-1-4-17(5-2-16)29(24,25)21-9-13-27-14-10-21/h1-6H,7-15H2. The molecule has 1 amide bonds. The zero-order chi connectivity index (χ0) is 20.7. The zero-order valence-electron chi connectivity index (χ0n) is 16.0. The summed E-state index contributed by atoms with van der Waals surface area (Å²) < 4.78 is 41.9. The third kappa shape index (κ3) is 5.86. The molecule has 0 saturated carbocycles. The average molecular weight is 424 g/mol. The van der Waals surface area contributed by atoms with E-state index in [1.165, 1.54) is 28.6 Å². The Morgan fingerprint density at radius 2 is 1.55 bits per heavy atom. The van der Waals surface area contributed by atoms with Gasteiger partial charge in [0.1, 0.15) is 0 Å². The number of esters is 1. The molecule has 0 N–H and O–H groups in total. The zero-order valence-corrected chi connectivity index (χ0v) is 16.8. The molecule has 10 heteroatoms. The van der Waals surface area contributed by atoms with Crippen LogP contribution in [0.25, 0.3) is 6.08 Å². The SMILES string of the molecule is O=C(C=Cc1ccc(S(=O)(=O)N2CCOCC2)cc1)OCC(=O)N1CCOCC1. The van der Waals surface area contributed by atoms with Crippen molar-refractivity contribution in [1.29, 1.82) is 0 Å². The van der Waals surface area contributed by atoms with Gasteiger partial charge in [-0.2, -0.15) is 4.31 Å². The molecule has 0 atom stereocenters. The number of amides is 1. The molecule has 1 aromatic carbocycles. The summed E-state index contributed by atoms with van der Waals surface area (Å²) in [5.41, 5.74) is 0.641. The maximum Gasteiger partial charge on any atom is 0.331 e. The quantitative estimate of drug-likeness (QED) is 0.472. The number of carbonyl (C=O) groups excluding carboxylic acids is 2. The Morgan fingerprint density at radius 1 is 0.966 bits per heavy atom. The molecule has 0 unspecified atom stereocenters. The Morgan fingerprint density at radius 3 is 2.17 bits per heavy atom. The van der Waals surface area contributed by atoms with Crippen molar-refractivity contribution in [2.24, 2.45) is 0 Å². The van der Waals surface area contributed by atoms with Gasteiger partial charge in [-0.25, -0.2) is 13.2 Å². The molecule has 0 radical (unpaired) electrons. The predicted octanol–water partition coefficient (Wildman–Crippen LogP) is 0.123. The number of hydrogen-bond donors (Lipinski definition) is 0. The molecule has 2 heterocycles. The second kappa shape index (κ2) is 9.97. The lowest BCUT2D eigenvalue weighted by Crippen LogP contribution is -2.42. The van der Waals surface area contributed by atoms with Crippen LogP contribution in [0, 0.1) is 0 Å². The van der Waals surface area contributed by atoms with E-state index in [4.69, 9.17) is 14.2 Å². The summed E-state index contributed by atoms with van der Waals surface area (Å²) in [6.45, 7) is 3.07. The number of hydrogen-bond acceptors (Lipinski definition) is 7. The summed E-state index contributed by atoms with van der Waals surface area (Å²) in [4.78, 5) is 25.5. The van der Waals surface area contributed by atoms with E-state index >= 15 is 0 Å². The molecule has 1 aromatic rings. The number of nitrogens with zero attached hydrogens (tertiary/aromatic N) is 2. The van der Waals surface area contributed by atoms with Crippen LogP contribution in [0.15, 0.2) is 35.2 Å². The molecule has 158 valence electrons. The van der Waals surface area contributed by atoms with Crippen molar-refractivity contribution in [3.63, 3.8) is 0 Å². The van der Waals surface area contributed by atoms with Gasteiger partial charge < -0.3 is 19.1 Å². The van der Waals surface area contributed by atoms with Crippen LogP contribution >= 0.6 is 0 Å². The minimum absolute atomic E-state index is 0.190. The van der Waals surface area contributed by atoms with E-state index in [0.29, 0.717) is 58.2 Å². The number of rotatable bonds is 6. The highest BCUT2D eigenvalue weighted by Crippen LogP contribution is 2.18. The fourth-order valence-corrected chi connectivity index (χ4v) is 4.34. The van der Waals surface area contributed by atoms with Crippen molar-refractivity contribution in [2.75, 3.05) is 59.2 Å². The lowest BCUT2D eigenvalue weighted by atomic mass is 10.2. The van der Waals surface area contributed by atoms with Crippen LogP contribution in [0.4, 0.5) is 0 Å². The van der Waals surface area contributed by atoms with Crippen molar-refractivity contribution < 1.29 is 32.2 Å². The fourth-order valence-electron chi connectivity index (χ4n) is 2.94. The lowest BCUT2D eigenvalue weighted by molar-refractivity contribution is -0.150. The summed E-state index contributed by atoms with van der Waals surface area (Å²) in [6, 6.07) is 6.21. The minimum Gasteiger partial charge on any atom is -0.452 e. The van der Waals surface area contributed by atoms with Crippen molar-refractivity contribution in [3.05, 3.63) is 35.9 Å². The molecule has 0 aromatic heterocycles. The molecule has 2 aliphatic heterocycles. The molecule has 0 spiro atoms. The fraction of sp³-hybridized carbons (Fsp3) is 0.474. The van der Waals surface area contributed by atoms with E-state index in [0.717, 1.165) is 0 Å². The van der Waals surface area contributed by atoms with Gasteiger partial charge >= 0.3 is 5.97 Å². The summed E-state index contributed by atoms with van der Waals surface area (Å²) in [7, 11) is -3.55. The maximum atomic E-state index is 12.6. The third-order valence-electron chi connectivity index (χ3n) is 4.60. The molecule has 3 rings (SSSR count). The van der Waals surface area contributed by atoms with E-state index in [2.05, 4.69) is 0 Å². The van der Waals surface area contributed by atoms with E-state index in [9.17, 15) is 18.0 Å². The van der Waals surface area contributed by atoms with Gasteiger partial charge in [-0.3, -0.25) is 4.79 Å². The van der Waals surface area contributed by atoms with Gasteiger partial charge in [0.25, 0.3) is 5.91 Å². The first kappa shape index (κ1) is 21.4. The van der Waals surface area contributed by atoms with Gasteiger partial charge in [0.05, 0.1) is 31.3 Å². The molecule has 9 nitrogen and oxygen atoms in total. The van der Waals surface area contributed by atoms with E-state index in [1.54, 1.807) is 17.0 Å². The average Bonchev–Trinajstić information content (AvgIpc) is 2.77. The Bertz CT molecular complexity index is 840. The van der Waals surface area contributed by atoms with Crippen molar-refractivity contribution in [1.82, 2.24) is 9.21 Å². The first-order chi connectivity index (χ1) is 14.0. The van der Waals surface area contributed by atoms with Gasteiger partial charge in [-0.1, -0.05) is 12.1 Å². The monoisotopic (exact) mass is 424 g/mol. The van der Waals surface area contributed by atoms with E-state index in [-0.39, 0.29) is 17.4 Å². The molecular formula is C19H24N2O7S. The second-order valence-corrected chi connectivity index (χ2v) is 8.46. The first-order valence-electron chi connectivity index (χ1n) is 9.35. The van der Waals surface area contributed by atoms with Crippen LogP contribution in [-0.4, -0.2) is 88.7 Å². The molecule has 0 aliphatic carbocycles. The molecular weight excluding hydrogens is 400 g/mol. The predicted molar refractivity (Wildman–Crippen MR) is 103 cm³/mol. The number of benzene rings is 1. The summed E-state index contributed by atoms with van der Waals surface area (Å²) >= 11 is 0. The minimum atomic E-state index is -3.55. The van der Waals surface area contributed by atoms with Gasteiger partial charge in [0.15, 0.2) is 6.61 Å². The van der Waals surface area contributed by atoms with Crippen LogP contribution in [0.2, 0.25) is 0 Å². The van der Waals surface area contributed by atoms with Crippen LogP contribution in [-0.2, 0) is 33.8 Å². The Hall–Kier alpha value is -2.27. The van der Waals surface area contributed by atoms with Crippen molar-refractivity contribution in [3.8, 4) is 0 Å². The molecule has 0 bridgehead atoms. The van der Waals surface area contributed by atoms with Gasteiger partial charge in [0.2, 0.25) is 10.0 Å². The highest BCUT2D eigenvalue weighted by molar-refractivity contribution is 7.89. The highest BCUT2D eigenvalue weighted by Gasteiger charge is 2.26. The number of ether oxygens (including phenoxy) is 3. The number of sulfonamides is 1. The summed E-state index contributed by atoms with van der Waals surface area (Å²) in [5, 5.41) is 0. The molecule has 2 aliphatic rings. The topological polar surface area (TPSA) is 102 Å². The van der Waals surface area contributed by atoms with Crippen LogP contribution < -0.4 is 0 Å². The number of carbonyl (C=O) groups is 2. The first-order valence-corrected chi connectivity index (χ1v) is 10.8. The van der Waals surface area contributed by atoms with E-state index < -0.39 is 16.0 Å². The lowest BCUT2D eigenvalue weighted by Gasteiger charge is -2.26. The molecule has 29 heavy (non-hydrogen) atoms. The van der Waals surface area contributed by atoms with E-state index in [1.807, 2.05) is 0 Å². The summed E-state index contributed by atoms with van der Waals surface area (Å²) in [5.74, 6) is -0.899. The Labute approximate surface area is 169 Å². The van der Waals surface area contributed by atoms with Crippen LogP contribution in [0.1, 0.15) is 5.56 Å². The van der Waals surface area contributed by atoms with Gasteiger partial charge in [0, 0.05) is 32.3 Å². The van der Waals surface area contributed by atoms with Crippen molar-refractivity contribution in [2.45, 2.75) is 4.90 Å². The molecule has 2 fully saturated rings. The highest BCUT2D eigenvalue weighted by atomic mass is 32.2. The van der Waals surface area contributed by atoms with Gasteiger partial charge in [-0.05, 0) is 23.8 Å². The second-order valence-electron chi connectivity index (χ2n) is 6.52. The molecule has 2 saturated heterocycles. The van der Waals surface area contributed by atoms with Crippen molar-refractivity contribution >= 4 is 28.0 Å². The van der Waals surface area contributed by atoms with Crippen LogP contribution in [0.3, 0.4) is 0 Å².